The van der Waals surface area contributed by atoms with E-state index in [-0.39, 0.29) is 11.1 Å². The van der Waals surface area contributed by atoms with Crippen LogP contribution in [0, 0.1) is 5.82 Å². The van der Waals surface area contributed by atoms with Crippen molar-refractivity contribution in [3.8, 4) is 0 Å². The quantitative estimate of drug-likeness (QED) is 0.913. The molecular weight excluding hydrogens is 249 g/mol. The second-order valence-corrected chi connectivity index (χ2v) is 6.63. The van der Waals surface area contributed by atoms with Gasteiger partial charge in [-0.25, -0.2) is 4.39 Å². The van der Waals surface area contributed by atoms with Gasteiger partial charge in [0.05, 0.1) is 5.75 Å². The average molecular weight is 269 g/mol. The van der Waals surface area contributed by atoms with E-state index in [1.165, 1.54) is 12.5 Å². The van der Waals surface area contributed by atoms with Crippen LogP contribution >= 0.6 is 0 Å². The average Bonchev–Trinajstić information content (AvgIpc) is 2.42. The Balaban J connectivity index is 2.02. The first-order chi connectivity index (χ1) is 8.70. The van der Waals surface area contributed by atoms with Crippen molar-refractivity contribution in [3.63, 3.8) is 0 Å². The zero-order valence-electron chi connectivity index (χ0n) is 10.5. The summed E-state index contributed by atoms with van der Waals surface area (Å²) in [7, 11) is -0.948. The molecule has 100 valence electrons. The molecule has 2 N–H and O–H groups in total. The van der Waals surface area contributed by atoms with E-state index in [4.69, 9.17) is 5.73 Å². The van der Waals surface area contributed by atoms with E-state index < -0.39 is 10.8 Å². The first-order valence-corrected chi connectivity index (χ1v) is 7.93. The fourth-order valence-electron chi connectivity index (χ4n) is 2.43. The summed E-state index contributed by atoms with van der Waals surface area (Å²) >= 11 is 0. The maximum absolute atomic E-state index is 13.8. The van der Waals surface area contributed by atoms with Crippen LogP contribution in [-0.2, 0) is 23.1 Å². The summed E-state index contributed by atoms with van der Waals surface area (Å²) in [6.45, 7) is 0.336. The van der Waals surface area contributed by atoms with Crippen molar-refractivity contribution >= 4 is 10.8 Å². The van der Waals surface area contributed by atoms with Crippen molar-refractivity contribution in [2.24, 2.45) is 5.73 Å². The molecular formula is C14H20FNOS. The number of halogens is 1. The van der Waals surface area contributed by atoms with E-state index in [2.05, 4.69) is 0 Å². The monoisotopic (exact) mass is 269 g/mol. The summed E-state index contributed by atoms with van der Waals surface area (Å²) in [4.78, 5) is 0. The summed E-state index contributed by atoms with van der Waals surface area (Å²) in [6.07, 6.45) is 5.60. The third-order valence-corrected chi connectivity index (χ3v) is 5.39. The highest BCUT2D eigenvalue weighted by molar-refractivity contribution is 7.84. The molecule has 1 unspecified atom stereocenters. The number of rotatable bonds is 4. The van der Waals surface area contributed by atoms with Gasteiger partial charge in [0.15, 0.2) is 0 Å². The summed E-state index contributed by atoms with van der Waals surface area (Å²) < 4.78 is 26.0. The van der Waals surface area contributed by atoms with Gasteiger partial charge in [0.1, 0.15) is 5.82 Å². The molecule has 1 aliphatic carbocycles. The van der Waals surface area contributed by atoms with Gasteiger partial charge in [0, 0.05) is 28.2 Å². The topological polar surface area (TPSA) is 43.1 Å². The minimum Gasteiger partial charge on any atom is -0.326 e. The molecule has 1 atom stereocenters. The number of hydrogen-bond acceptors (Lipinski definition) is 2. The smallest absolute Gasteiger partial charge is 0.127 e. The van der Waals surface area contributed by atoms with Crippen LogP contribution in [0.1, 0.15) is 43.2 Å². The Bertz CT molecular complexity index is 430. The molecule has 1 aromatic rings. The second-order valence-electron chi connectivity index (χ2n) is 4.91. The third-order valence-electron chi connectivity index (χ3n) is 3.57. The molecule has 0 amide bonds. The fraction of sp³-hybridized carbons (Fsp3) is 0.571. The van der Waals surface area contributed by atoms with Gasteiger partial charge in [-0.2, -0.15) is 0 Å². The van der Waals surface area contributed by atoms with Crippen molar-refractivity contribution in [2.45, 2.75) is 49.7 Å². The Morgan fingerprint density at radius 3 is 2.61 bits per heavy atom. The summed E-state index contributed by atoms with van der Waals surface area (Å²) in [5.41, 5.74) is 6.79. The van der Waals surface area contributed by atoms with E-state index in [1.807, 2.05) is 6.07 Å². The fourth-order valence-corrected chi connectivity index (χ4v) is 4.07. The van der Waals surface area contributed by atoms with E-state index >= 15 is 0 Å². The van der Waals surface area contributed by atoms with Gasteiger partial charge in [0.2, 0.25) is 0 Å². The van der Waals surface area contributed by atoms with Gasteiger partial charge in [-0.3, -0.25) is 4.21 Å². The molecule has 4 heteroatoms. The molecule has 0 aliphatic heterocycles. The molecule has 18 heavy (non-hydrogen) atoms. The van der Waals surface area contributed by atoms with Crippen LogP contribution in [0.25, 0.3) is 0 Å². The lowest BCUT2D eigenvalue weighted by molar-refractivity contribution is 0.504. The summed E-state index contributed by atoms with van der Waals surface area (Å²) in [6, 6.07) is 4.99. The van der Waals surface area contributed by atoms with Crippen molar-refractivity contribution in [1.82, 2.24) is 0 Å². The zero-order valence-corrected chi connectivity index (χ0v) is 11.3. The largest absolute Gasteiger partial charge is 0.326 e. The van der Waals surface area contributed by atoms with Crippen molar-refractivity contribution in [1.29, 1.82) is 0 Å². The summed E-state index contributed by atoms with van der Waals surface area (Å²) in [5.74, 6) is 0.0588. The van der Waals surface area contributed by atoms with Crippen LogP contribution in [-0.4, -0.2) is 9.46 Å². The van der Waals surface area contributed by atoms with Gasteiger partial charge in [-0.15, -0.1) is 0 Å². The molecule has 1 aromatic carbocycles. The normalized spacial score (nSPS) is 18.8. The van der Waals surface area contributed by atoms with Crippen LogP contribution in [0.4, 0.5) is 4.39 Å². The lowest BCUT2D eigenvalue weighted by atomic mass is 10.0. The Morgan fingerprint density at radius 1 is 1.28 bits per heavy atom. The van der Waals surface area contributed by atoms with Gasteiger partial charge < -0.3 is 5.73 Å². The first kappa shape index (κ1) is 13.7. The van der Waals surface area contributed by atoms with Crippen molar-refractivity contribution in [3.05, 3.63) is 35.1 Å². The summed E-state index contributed by atoms with van der Waals surface area (Å²) in [5, 5.41) is 0.257. The number of hydrogen-bond donors (Lipinski definition) is 1. The molecule has 2 rings (SSSR count). The molecule has 0 saturated heterocycles. The molecule has 0 aromatic heterocycles. The minimum atomic E-state index is -0.948. The lowest BCUT2D eigenvalue weighted by Gasteiger charge is -2.21. The highest BCUT2D eigenvalue weighted by Gasteiger charge is 2.20. The van der Waals surface area contributed by atoms with Crippen LogP contribution in [0.2, 0.25) is 0 Å². The van der Waals surface area contributed by atoms with E-state index in [0.29, 0.717) is 17.9 Å². The van der Waals surface area contributed by atoms with Crippen LogP contribution in [0.15, 0.2) is 18.2 Å². The Kier molecular flexibility index (Phi) is 4.89. The van der Waals surface area contributed by atoms with Crippen LogP contribution in [0.5, 0.6) is 0 Å². The SMILES string of the molecule is NCc1ccc(CS(=O)C2CCCCC2)c(F)c1. The van der Waals surface area contributed by atoms with Gasteiger partial charge in [-0.05, 0) is 24.5 Å². The first-order valence-electron chi connectivity index (χ1n) is 6.55. The molecule has 0 bridgehead atoms. The molecule has 0 radical (unpaired) electrons. The number of nitrogens with two attached hydrogens (primary N) is 1. The molecule has 0 spiro atoms. The van der Waals surface area contributed by atoms with Crippen LogP contribution < -0.4 is 5.73 Å². The molecule has 0 heterocycles. The highest BCUT2D eigenvalue weighted by Crippen LogP contribution is 2.24. The predicted molar refractivity (Wildman–Crippen MR) is 73.0 cm³/mol. The Morgan fingerprint density at radius 2 is 2.00 bits per heavy atom. The highest BCUT2D eigenvalue weighted by atomic mass is 32.2. The predicted octanol–water partition coefficient (Wildman–Crippen LogP) is 2.87. The maximum Gasteiger partial charge on any atom is 0.127 e. The van der Waals surface area contributed by atoms with Gasteiger partial charge >= 0.3 is 0 Å². The van der Waals surface area contributed by atoms with Gasteiger partial charge in [-0.1, -0.05) is 31.4 Å². The van der Waals surface area contributed by atoms with Crippen molar-refractivity contribution in [2.75, 3.05) is 0 Å². The Labute approximate surface area is 110 Å². The van der Waals surface area contributed by atoms with E-state index in [9.17, 15) is 8.60 Å². The van der Waals surface area contributed by atoms with Crippen LogP contribution in [0.3, 0.4) is 0 Å². The standard InChI is InChI=1S/C14H20FNOS/c15-14-8-11(9-16)6-7-12(14)10-18(17)13-4-2-1-3-5-13/h6-8,13H,1-5,9-10,16H2. The maximum atomic E-state index is 13.8. The van der Waals surface area contributed by atoms with E-state index in [0.717, 1.165) is 31.2 Å². The zero-order chi connectivity index (χ0) is 13.0. The molecule has 1 fully saturated rings. The molecule has 1 saturated carbocycles. The third kappa shape index (κ3) is 3.39. The van der Waals surface area contributed by atoms with E-state index in [1.54, 1.807) is 6.07 Å². The molecule has 2 nitrogen and oxygen atoms in total. The lowest BCUT2D eigenvalue weighted by Crippen LogP contribution is -2.20. The minimum absolute atomic E-state index is 0.257. The molecule has 1 aliphatic rings. The number of benzene rings is 1. The Hall–Kier alpha value is -0.740. The van der Waals surface area contributed by atoms with Gasteiger partial charge in [0.25, 0.3) is 0 Å². The second kappa shape index (κ2) is 6.43. The van der Waals surface area contributed by atoms with Crippen molar-refractivity contribution < 1.29 is 8.60 Å².